The zero-order chi connectivity index (χ0) is 38.4. The van der Waals surface area contributed by atoms with Crippen LogP contribution < -0.4 is 10.4 Å². The van der Waals surface area contributed by atoms with Crippen molar-refractivity contribution in [3.8, 4) is 33.8 Å². The van der Waals surface area contributed by atoms with E-state index in [2.05, 4.69) is 10.2 Å². The first-order chi connectivity index (χ1) is 26.0. The van der Waals surface area contributed by atoms with Crippen LogP contribution in [0.1, 0.15) is 37.7 Å². The number of morpholine rings is 2. The van der Waals surface area contributed by atoms with Gasteiger partial charge in [0, 0.05) is 65.5 Å². The summed E-state index contributed by atoms with van der Waals surface area (Å²) in [5.41, 5.74) is 5.52. The van der Waals surface area contributed by atoms with Crippen LogP contribution in [-0.4, -0.2) is 94.1 Å². The maximum atomic E-state index is 12.9. The van der Waals surface area contributed by atoms with Crippen molar-refractivity contribution >= 4 is 35.0 Å². The Morgan fingerprint density at radius 3 is 1.80 bits per heavy atom. The van der Waals surface area contributed by atoms with Gasteiger partial charge < -0.3 is 29.1 Å². The summed E-state index contributed by atoms with van der Waals surface area (Å²) < 4.78 is 18.0. The van der Waals surface area contributed by atoms with E-state index in [1.807, 2.05) is 56.3 Å². The lowest BCUT2D eigenvalue weighted by Crippen LogP contribution is -2.40. The maximum absolute atomic E-state index is 12.9. The van der Waals surface area contributed by atoms with Gasteiger partial charge in [-0.25, -0.2) is 9.89 Å². The molecule has 2 amide bonds. The van der Waals surface area contributed by atoms with Gasteiger partial charge in [0.05, 0.1) is 26.4 Å². The lowest BCUT2D eigenvalue weighted by Gasteiger charge is -2.27. The fourth-order valence-electron chi connectivity index (χ4n) is 6.09. The second-order valence-electron chi connectivity index (χ2n) is 13.0. The highest BCUT2D eigenvalue weighted by atomic mass is 35.5. The normalized spacial score (nSPS) is 14.3. The summed E-state index contributed by atoms with van der Waals surface area (Å²) in [4.78, 5) is 40.7. The number of rotatable bonds is 7. The molecular weight excluding hydrogens is 733 g/mol. The average Bonchev–Trinajstić information content (AvgIpc) is 3.52. The second-order valence-corrected chi connectivity index (χ2v) is 13.8. The minimum Gasteiger partial charge on any atom is -0.507 e. The second kappa shape index (κ2) is 17.3. The van der Waals surface area contributed by atoms with E-state index in [-0.39, 0.29) is 29.9 Å². The van der Waals surface area contributed by atoms with E-state index in [9.17, 15) is 19.5 Å². The first-order valence-electron chi connectivity index (χ1n) is 17.5. The van der Waals surface area contributed by atoms with Gasteiger partial charge in [-0.3, -0.25) is 14.2 Å². The van der Waals surface area contributed by atoms with E-state index in [0.29, 0.717) is 90.9 Å². The van der Waals surface area contributed by atoms with Crippen molar-refractivity contribution in [2.45, 2.75) is 20.5 Å². The van der Waals surface area contributed by atoms with Crippen LogP contribution in [0.4, 0.5) is 0 Å². The SMILES string of the molecule is Cc1cc(O)c(-c2cccc(C(=O)N3CCOCC3)c2)cc1Cl.Cc1cc(OCc2n[nH]c(=O)n2C)c(-c2cccc(C(=O)N3CCOCC3)c2)cc1Cl. The minimum absolute atomic E-state index is 0.0205. The Bertz CT molecular complexity index is 2210. The Morgan fingerprint density at radius 2 is 1.28 bits per heavy atom. The lowest BCUT2D eigenvalue weighted by atomic mass is 10.00. The number of phenolic OH excluding ortho intramolecular Hbond substituents is 1. The fraction of sp³-hybridized carbons (Fsp3) is 0.300. The lowest BCUT2D eigenvalue weighted by molar-refractivity contribution is 0.0301. The molecule has 0 bridgehead atoms. The molecule has 0 unspecified atom stereocenters. The van der Waals surface area contributed by atoms with Crippen LogP contribution in [0.25, 0.3) is 22.3 Å². The van der Waals surface area contributed by atoms with Crippen LogP contribution >= 0.6 is 23.2 Å². The quantitative estimate of drug-likeness (QED) is 0.197. The number of hydrogen-bond donors (Lipinski definition) is 2. The molecule has 7 rings (SSSR count). The number of benzene rings is 4. The summed E-state index contributed by atoms with van der Waals surface area (Å²) in [6, 6.07) is 21.7. The summed E-state index contributed by atoms with van der Waals surface area (Å²) in [5, 5.41) is 17.7. The molecule has 2 aliphatic rings. The van der Waals surface area contributed by atoms with E-state index in [1.54, 1.807) is 47.2 Å². The van der Waals surface area contributed by atoms with E-state index >= 15 is 0 Å². The molecule has 12 nitrogen and oxygen atoms in total. The predicted octanol–water partition coefficient (Wildman–Crippen LogP) is 6.28. The van der Waals surface area contributed by atoms with Crippen LogP contribution in [0.3, 0.4) is 0 Å². The number of aromatic hydroxyl groups is 1. The number of hydrogen-bond acceptors (Lipinski definition) is 8. The first-order valence-corrected chi connectivity index (χ1v) is 18.2. The number of aromatic nitrogens is 3. The largest absolute Gasteiger partial charge is 0.507 e. The predicted molar refractivity (Wildman–Crippen MR) is 207 cm³/mol. The van der Waals surface area contributed by atoms with Gasteiger partial charge in [-0.2, -0.15) is 5.10 Å². The molecule has 14 heteroatoms. The summed E-state index contributed by atoms with van der Waals surface area (Å²) in [7, 11) is 1.62. The molecule has 3 heterocycles. The summed E-state index contributed by atoms with van der Waals surface area (Å²) in [6.45, 7) is 8.43. The fourth-order valence-corrected chi connectivity index (χ4v) is 6.41. The molecule has 2 fully saturated rings. The molecule has 0 atom stereocenters. The number of H-pyrrole nitrogens is 1. The number of ether oxygens (including phenoxy) is 3. The van der Waals surface area contributed by atoms with Gasteiger partial charge in [0.15, 0.2) is 5.82 Å². The van der Waals surface area contributed by atoms with Gasteiger partial charge in [-0.05, 0) is 84.6 Å². The number of aryl methyl sites for hydroxylation is 2. The molecule has 2 aliphatic heterocycles. The smallest absolute Gasteiger partial charge is 0.343 e. The van der Waals surface area contributed by atoms with Gasteiger partial charge in [-0.15, -0.1) is 0 Å². The van der Waals surface area contributed by atoms with Gasteiger partial charge in [-0.1, -0.05) is 47.5 Å². The van der Waals surface area contributed by atoms with Crippen molar-refractivity contribution in [1.82, 2.24) is 24.6 Å². The highest BCUT2D eigenvalue weighted by Crippen LogP contribution is 2.36. The third kappa shape index (κ3) is 8.96. The van der Waals surface area contributed by atoms with Crippen molar-refractivity contribution in [3.63, 3.8) is 0 Å². The zero-order valence-electron chi connectivity index (χ0n) is 30.2. The summed E-state index contributed by atoms with van der Waals surface area (Å²) in [5.74, 6) is 1.17. The van der Waals surface area contributed by atoms with E-state index in [4.69, 9.17) is 37.4 Å². The van der Waals surface area contributed by atoms with E-state index in [1.165, 1.54) is 4.57 Å². The van der Waals surface area contributed by atoms with Gasteiger partial charge >= 0.3 is 5.69 Å². The first kappa shape index (κ1) is 38.6. The highest BCUT2D eigenvalue weighted by Gasteiger charge is 2.21. The topological polar surface area (TPSA) is 139 Å². The molecule has 0 saturated carbocycles. The maximum Gasteiger partial charge on any atom is 0.343 e. The molecular formula is C40H41Cl2N5O7. The van der Waals surface area contributed by atoms with Crippen LogP contribution in [-0.2, 0) is 23.1 Å². The minimum atomic E-state index is -0.305. The van der Waals surface area contributed by atoms with Crippen molar-refractivity contribution in [1.29, 1.82) is 0 Å². The summed E-state index contributed by atoms with van der Waals surface area (Å²) in [6.07, 6.45) is 0. The van der Waals surface area contributed by atoms with Gasteiger partial charge in [0.25, 0.3) is 11.8 Å². The van der Waals surface area contributed by atoms with Crippen LogP contribution in [0.5, 0.6) is 11.5 Å². The third-order valence-electron chi connectivity index (χ3n) is 9.30. The number of halogens is 2. The Hall–Kier alpha value is -5.14. The number of carbonyl (C=O) groups excluding carboxylic acids is 2. The molecule has 4 aromatic carbocycles. The van der Waals surface area contributed by atoms with Crippen LogP contribution in [0, 0.1) is 13.8 Å². The molecule has 0 aliphatic carbocycles. The third-order valence-corrected chi connectivity index (χ3v) is 10.1. The Labute approximate surface area is 322 Å². The van der Waals surface area contributed by atoms with Gasteiger partial charge in [0.1, 0.15) is 18.1 Å². The van der Waals surface area contributed by atoms with Gasteiger partial charge in [0.2, 0.25) is 0 Å². The number of phenols is 1. The van der Waals surface area contributed by atoms with Crippen LogP contribution in [0.15, 0.2) is 77.6 Å². The van der Waals surface area contributed by atoms with Crippen molar-refractivity contribution in [3.05, 3.63) is 121 Å². The molecule has 0 spiro atoms. The molecule has 5 aromatic rings. The monoisotopic (exact) mass is 773 g/mol. The Morgan fingerprint density at radius 1 is 0.778 bits per heavy atom. The van der Waals surface area contributed by atoms with E-state index in [0.717, 1.165) is 27.8 Å². The van der Waals surface area contributed by atoms with Crippen LogP contribution in [0.2, 0.25) is 10.0 Å². The van der Waals surface area contributed by atoms with Crippen molar-refractivity contribution in [2.75, 3.05) is 52.6 Å². The zero-order valence-corrected chi connectivity index (χ0v) is 31.7. The number of amides is 2. The Kier molecular flexibility index (Phi) is 12.4. The van der Waals surface area contributed by atoms with Crippen molar-refractivity contribution < 1.29 is 28.9 Å². The highest BCUT2D eigenvalue weighted by molar-refractivity contribution is 6.32. The molecule has 54 heavy (non-hydrogen) atoms. The molecule has 2 saturated heterocycles. The number of aromatic amines is 1. The number of nitrogens with one attached hydrogen (secondary N) is 1. The molecule has 2 N–H and O–H groups in total. The molecule has 282 valence electrons. The standard InChI is InChI=1S/C22H23ClN4O4.C18H18ClNO3/c1-14-10-19(31-13-20-24-25-22(29)26(20)2)17(12-18(14)23)15-4-3-5-16(11-15)21(28)27-6-8-30-9-7-27;1-12-9-17(21)15(11-16(12)19)13-3-2-4-14(10-13)18(22)20-5-7-23-8-6-20/h3-5,10-12H,6-9,13H2,1-2H3,(H,25,29);2-4,9-11,21H,5-8H2,1H3. The number of carbonyl (C=O) groups is 2. The number of nitrogens with zero attached hydrogens (tertiary/aromatic N) is 4. The van der Waals surface area contributed by atoms with Crippen molar-refractivity contribution in [2.24, 2.45) is 7.05 Å². The molecule has 1 aromatic heterocycles. The summed E-state index contributed by atoms with van der Waals surface area (Å²) >= 11 is 12.6. The van der Waals surface area contributed by atoms with E-state index < -0.39 is 0 Å². The average molecular weight is 775 g/mol. The molecule has 0 radical (unpaired) electrons. The Balaban J connectivity index is 0.000000193.